The molecule has 0 bridgehead atoms. The van der Waals surface area contributed by atoms with Crippen LogP contribution in [0.2, 0.25) is 0 Å². The topological polar surface area (TPSA) is 69.5 Å². The first-order valence-corrected chi connectivity index (χ1v) is 10.6. The highest BCUT2D eigenvalue weighted by atomic mass is 32.2. The molecule has 0 aliphatic rings. The van der Waals surface area contributed by atoms with E-state index in [-0.39, 0.29) is 5.56 Å². The van der Waals surface area contributed by atoms with Gasteiger partial charge in [-0.1, -0.05) is 36.9 Å². The largest absolute Gasteiger partial charge is 0.307 e. The standard InChI is InChI=1S/C21H20N6OS/c1-3-10-26-19(28)16-8-4-5-9-17(16)27-20(26)23-24-21(27)29-13-15-12-25-11-6-7-14(2)18(25)22-15/h4-9,11-12H,3,10,13H2,1-2H3. The van der Waals surface area contributed by atoms with Crippen molar-refractivity contribution in [1.82, 2.24) is 28.5 Å². The quantitative estimate of drug-likeness (QED) is 0.418. The van der Waals surface area contributed by atoms with Crippen molar-refractivity contribution in [3.63, 3.8) is 0 Å². The van der Waals surface area contributed by atoms with Gasteiger partial charge in [0.05, 0.1) is 16.6 Å². The molecule has 4 aromatic heterocycles. The molecular weight excluding hydrogens is 384 g/mol. The molecule has 0 saturated carbocycles. The zero-order valence-corrected chi connectivity index (χ0v) is 17.1. The molecule has 4 heterocycles. The lowest BCUT2D eigenvalue weighted by molar-refractivity contribution is 0.662. The van der Waals surface area contributed by atoms with Gasteiger partial charge in [0.15, 0.2) is 5.16 Å². The Bertz CT molecular complexity index is 1410. The van der Waals surface area contributed by atoms with Crippen LogP contribution in [0, 0.1) is 6.92 Å². The Morgan fingerprint density at radius 3 is 2.79 bits per heavy atom. The Morgan fingerprint density at radius 2 is 1.97 bits per heavy atom. The SMILES string of the molecule is CCCn1c(=O)c2ccccc2n2c(SCc3cn4cccc(C)c4n3)nnc12. The van der Waals surface area contributed by atoms with Crippen LogP contribution in [-0.4, -0.2) is 28.5 Å². The van der Waals surface area contributed by atoms with Crippen LogP contribution < -0.4 is 5.56 Å². The number of pyridine rings is 1. The van der Waals surface area contributed by atoms with Crippen LogP contribution in [-0.2, 0) is 12.3 Å². The summed E-state index contributed by atoms with van der Waals surface area (Å²) in [7, 11) is 0. The Morgan fingerprint density at radius 1 is 1.10 bits per heavy atom. The number of aryl methyl sites for hydroxylation is 2. The van der Waals surface area contributed by atoms with Gasteiger partial charge in [-0.25, -0.2) is 4.98 Å². The van der Waals surface area contributed by atoms with E-state index in [0.717, 1.165) is 34.0 Å². The predicted octanol–water partition coefficient (Wildman–Crippen LogP) is 3.70. The summed E-state index contributed by atoms with van der Waals surface area (Å²) >= 11 is 1.58. The molecule has 29 heavy (non-hydrogen) atoms. The highest BCUT2D eigenvalue weighted by molar-refractivity contribution is 7.98. The van der Waals surface area contributed by atoms with Crippen LogP contribution in [0.3, 0.4) is 0 Å². The average molecular weight is 404 g/mol. The Balaban J connectivity index is 1.60. The van der Waals surface area contributed by atoms with Crippen molar-refractivity contribution in [1.29, 1.82) is 0 Å². The molecule has 0 radical (unpaired) electrons. The van der Waals surface area contributed by atoms with Crippen LogP contribution in [0.15, 0.2) is 58.7 Å². The van der Waals surface area contributed by atoms with Crippen molar-refractivity contribution < 1.29 is 0 Å². The number of imidazole rings is 1. The van der Waals surface area contributed by atoms with E-state index in [1.807, 2.05) is 51.5 Å². The summed E-state index contributed by atoms with van der Waals surface area (Å²) in [4.78, 5) is 17.7. The van der Waals surface area contributed by atoms with Crippen LogP contribution in [0.5, 0.6) is 0 Å². The second kappa shape index (κ2) is 7.04. The normalized spacial score (nSPS) is 11.8. The summed E-state index contributed by atoms with van der Waals surface area (Å²) in [5.41, 5.74) is 3.91. The highest BCUT2D eigenvalue weighted by Gasteiger charge is 2.16. The number of fused-ring (bicyclic) bond motifs is 4. The summed E-state index contributed by atoms with van der Waals surface area (Å²) in [5.74, 6) is 1.26. The third-order valence-corrected chi connectivity index (χ3v) is 5.96. The van der Waals surface area contributed by atoms with Gasteiger partial charge in [0.1, 0.15) is 5.65 Å². The first-order chi connectivity index (χ1) is 14.2. The molecule has 146 valence electrons. The molecular formula is C21H20N6OS. The minimum Gasteiger partial charge on any atom is -0.307 e. The molecule has 7 nitrogen and oxygen atoms in total. The van der Waals surface area contributed by atoms with Gasteiger partial charge in [-0.05, 0) is 37.1 Å². The number of rotatable bonds is 5. The Labute approximate surface area is 171 Å². The molecule has 5 rings (SSSR count). The Hall–Kier alpha value is -3.13. The lowest BCUT2D eigenvalue weighted by Gasteiger charge is -2.10. The maximum Gasteiger partial charge on any atom is 0.262 e. The number of para-hydroxylation sites is 1. The monoisotopic (exact) mass is 404 g/mol. The van der Waals surface area contributed by atoms with E-state index < -0.39 is 0 Å². The van der Waals surface area contributed by atoms with Crippen molar-refractivity contribution in [3.8, 4) is 0 Å². The fourth-order valence-electron chi connectivity index (χ4n) is 3.66. The van der Waals surface area contributed by atoms with Gasteiger partial charge in [0.25, 0.3) is 5.56 Å². The summed E-state index contributed by atoms with van der Waals surface area (Å²) in [6.07, 6.45) is 4.90. The van der Waals surface area contributed by atoms with Crippen molar-refractivity contribution in [2.75, 3.05) is 0 Å². The number of hydrogen-bond donors (Lipinski definition) is 0. The molecule has 8 heteroatoms. The maximum absolute atomic E-state index is 12.9. The zero-order valence-electron chi connectivity index (χ0n) is 16.2. The van der Waals surface area contributed by atoms with Gasteiger partial charge in [0.2, 0.25) is 5.78 Å². The molecule has 0 amide bonds. The molecule has 0 atom stereocenters. The highest BCUT2D eigenvalue weighted by Crippen LogP contribution is 2.25. The molecule has 0 aliphatic carbocycles. The minimum atomic E-state index is -0.0188. The van der Waals surface area contributed by atoms with Gasteiger partial charge in [-0.3, -0.25) is 13.8 Å². The summed E-state index contributed by atoms with van der Waals surface area (Å²) in [6, 6.07) is 11.7. The zero-order chi connectivity index (χ0) is 20.0. The fourth-order valence-corrected chi connectivity index (χ4v) is 4.49. The van der Waals surface area contributed by atoms with E-state index in [1.54, 1.807) is 16.3 Å². The number of thioether (sulfide) groups is 1. The molecule has 1 aromatic carbocycles. The van der Waals surface area contributed by atoms with E-state index in [1.165, 1.54) is 0 Å². The number of aromatic nitrogens is 6. The summed E-state index contributed by atoms with van der Waals surface area (Å²) in [5, 5.41) is 10.2. The number of benzene rings is 1. The average Bonchev–Trinajstić information content (AvgIpc) is 3.34. The fraction of sp³-hybridized carbons (Fsp3) is 0.238. The molecule has 0 aliphatic heterocycles. The van der Waals surface area contributed by atoms with E-state index in [0.29, 0.717) is 23.5 Å². The number of nitrogens with zero attached hydrogens (tertiary/aromatic N) is 6. The van der Waals surface area contributed by atoms with Crippen LogP contribution in [0.4, 0.5) is 0 Å². The van der Waals surface area contributed by atoms with Gasteiger partial charge in [-0.15, -0.1) is 10.2 Å². The van der Waals surface area contributed by atoms with Crippen LogP contribution in [0.25, 0.3) is 22.3 Å². The minimum absolute atomic E-state index is 0.0188. The van der Waals surface area contributed by atoms with Crippen molar-refractivity contribution in [3.05, 3.63) is 70.4 Å². The lowest BCUT2D eigenvalue weighted by atomic mass is 10.2. The first-order valence-electron chi connectivity index (χ1n) is 9.60. The van der Waals surface area contributed by atoms with E-state index in [4.69, 9.17) is 4.98 Å². The van der Waals surface area contributed by atoms with Gasteiger partial charge < -0.3 is 4.40 Å². The van der Waals surface area contributed by atoms with Crippen LogP contribution >= 0.6 is 11.8 Å². The van der Waals surface area contributed by atoms with Gasteiger partial charge in [-0.2, -0.15) is 0 Å². The van der Waals surface area contributed by atoms with Crippen molar-refractivity contribution in [2.45, 2.75) is 37.7 Å². The first kappa shape index (κ1) is 17.9. The third-order valence-electron chi connectivity index (χ3n) is 5.00. The molecule has 0 saturated heterocycles. The molecule has 0 unspecified atom stereocenters. The second-order valence-electron chi connectivity index (χ2n) is 7.03. The van der Waals surface area contributed by atoms with E-state index in [9.17, 15) is 4.79 Å². The van der Waals surface area contributed by atoms with E-state index in [2.05, 4.69) is 30.1 Å². The smallest absolute Gasteiger partial charge is 0.262 e. The van der Waals surface area contributed by atoms with Gasteiger partial charge >= 0.3 is 0 Å². The molecule has 0 N–H and O–H groups in total. The van der Waals surface area contributed by atoms with Gasteiger partial charge in [0, 0.05) is 24.7 Å². The number of hydrogen-bond acceptors (Lipinski definition) is 5. The Kier molecular flexibility index (Phi) is 4.35. The third kappa shape index (κ3) is 2.91. The molecule has 5 aromatic rings. The van der Waals surface area contributed by atoms with E-state index >= 15 is 0 Å². The lowest BCUT2D eigenvalue weighted by Crippen LogP contribution is -2.23. The maximum atomic E-state index is 12.9. The predicted molar refractivity (Wildman–Crippen MR) is 115 cm³/mol. The summed E-state index contributed by atoms with van der Waals surface area (Å²) in [6.45, 7) is 4.72. The van der Waals surface area contributed by atoms with Crippen LogP contribution in [0.1, 0.15) is 24.6 Å². The molecule has 0 spiro atoms. The molecule has 0 fully saturated rings. The van der Waals surface area contributed by atoms with Crippen molar-refractivity contribution in [2.24, 2.45) is 0 Å². The summed E-state index contributed by atoms with van der Waals surface area (Å²) < 4.78 is 5.74. The van der Waals surface area contributed by atoms with Crippen molar-refractivity contribution >= 4 is 34.1 Å². The second-order valence-corrected chi connectivity index (χ2v) is 7.98.